The molecule has 7 rings (SSSR count). The van der Waals surface area contributed by atoms with Crippen LogP contribution in [-0.4, -0.2) is 30.1 Å². The lowest BCUT2D eigenvalue weighted by molar-refractivity contribution is -0.182. The molecule has 5 aliphatic rings. The van der Waals surface area contributed by atoms with E-state index in [1.807, 2.05) is 19.1 Å². The first-order chi connectivity index (χ1) is 22.1. The molecule has 0 saturated heterocycles. The number of ether oxygens (including phenoxy) is 2. The first-order valence-electron chi connectivity index (χ1n) is 17.1. The van der Waals surface area contributed by atoms with Gasteiger partial charge in [-0.3, -0.25) is 9.59 Å². The second-order valence-corrected chi connectivity index (χ2v) is 16.0. The average Bonchev–Trinajstić information content (AvgIpc) is 3.04. The van der Waals surface area contributed by atoms with Gasteiger partial charge in [-0.25, -0.2) is 4.79 Å². The van der Waals surface area contributed by atoms with Crippen molar-refractivity contribution in [2.75, 3.05) is 13.2 Å². The number of fused-ring (bicyclic) bond motifs is 8. The molecule has 248 valence electrons. The van der Waals surface area contributed by atoms with Crippen LogP contribution >= 0.6 is 0 Å². The molecule has 0 unspecified atom stereocenters. The molecule has 7 heteroatoms. The minimum absolute atomic E-state index is 0.0426. The third-order valence-corrected chi connectivity index (χ3v) is 13.5. The summed E-state index contributed by atoms with van der Waals surface area (Å²) in [5, 5.41) is 11.2. The molecule has 0 amide bonds. The van der Waals surface area contributed by atoms with Gasteiger partial charge < -0.3 is 19.0 Å². The van der Waals surface area contributed by atoms with E-state index in [4.69, 9.17) is 13.9 Å². The van der Waals surface area contributed by atoms with Gasteiger partial charge in [0, 0.05) is 28.5 Å². The Morgan fingerprint density at radius 3 is 2.47 bits per heavy atom. The zero-order valence-corrected chi connectivity index (χ0v) is 28.5. The first kappa shape index (κ1) is 31.7. The van der Waals surface area contributed by atoms with Crippen LogP contribution in [0.25, 0.3) is 11.0 Å². The molecular formula is C40H46O7. The van der Waals surface area contributed by atoms with Gasteiger partial charge in [-0.1, -0.05) is 45.4 Å². The molecule has 5 aliphatic carbocycles. The normalized spacial score (nSPS) is 36.3. The maximum atomic E-state index is 13.8. The zero-order chi connectivity index (χ0) is 33.6. The number of aliphatic hydroxyl groups excluding tert-OH is 1. The van der Waals surface area contributed by atoms with Crippen molar-refractivity contribution in [1.29, 1.82) is 0 Å². The van der Waals surface area contributed by atoms with E-state index in [-0.39, 0.29) is 52.4 Å². The molecule has 1 aromatic carbocycles. The minimum atomic E-state index is -0.593. The molecule has 0 aliphatic heterocycles. The van der Waals surface area contributed by atoms with Gasteiger partial charge in [0.15, 0.2) is 5.76 Å². The van der Waals surface area contributed by atoms with E-state index in [0.29, 0.717) is 22.8 Å². The lowest BCUT2D eigenvalue weighted by atomic mass is 9.34. The number of hydrogen-bond acceptors (Lipinski definition) is 7. The highest BCUT2D eigenvalue weighted by atomic mass is 16.6. The van der Waals surface area contributed by atoms with Crippen molar-refractivity contribution in [3.63, 3.8) is 0 Å². The highest BCUT2D eigenvalue weighted by Crippen LogP contribution is 2.75. The van der Waals surface area contributed by atoms with Crippen molar-refractivity contribution in [1.82, 2.24) is 0 Å². The van der Waals surface area contributed by atoms with Crippen molar-refractivity contribution in [2.45, 2.75) is 86.5 Å². The second kappa shape index (κ2) is 10.6. The molecule has 1 aromatic heterocycles. The fourth-order valence-electron chi connectivity index (χ4n) is 10.2. The molecular weight excluding hydrogens is 592 g/mol. The summed E-state index contributed by atoms with van der Waals surface area (Å²) in [5.74, 6) is 0.263. The lowest BCUT2D eigenvalue weighted by Gasteiger charge is -2.70. The Kier molecular flexibility index (Phi) is 7.13. The maximum absolute atomic E-state index is 13.8. The van der Waals surface area contributed by atoms with Crippen LogP contribution in [0, 0.1) is 33.0 Å². The van der Waals surface area contributed by atoms with Crippen molar-refractivity contribution in [3.05, 3.63) is 87.0 Å². The quantitative estimate of drug-likeness (QED) is 0.199. The van der Waals surface area contributed by atoms with Crippen molar-refractivity contribution in [3.8, 4) is 5.75 Å². The highest BCUT2D eigenvalue weighted by molar-refractivity contribution is 6.06. The maximum Gasteiger partial charge on any atom is 0.336 e. The Bertz CT molecular complexity index is 1890. The largest absolute Gasteiger partial charge is 0.504 e. The number of ketones is 1. The van der Waals surface area contributed by atoms with Crippen LogP contribution in [0.15, 0.2) is 85.8 Å². The average molecular weight is 639 g/mol. The van der Waals surface area contributed by atoms with E-state index in [1.165, 1.54) is 11.6 Å². The third-order valence-electron chi connectivity index (χ3n) is 13.5. The predicted molar refractivity (Wildman–Crippen MR) is 180 cm³/mol. The molecule has 3 fully saturated rings. The summed E-state index contributed by atoms with van der Waals surface area (Å²) in [6, 6.07) is 8.43. The Hall–Kier alpha value is -3.87. The molecule has 1 N–H and O–H groups in total. The zero-order valence-electron chi connectivity index (χ0n) is 28.5. The van der Waals surface area contributed by atoms with Gasteiger partial charge in [-0.2, -0.15) is 0 Å². The summed E-state index contributed by atoms with van der Waals surface area (Å²) in [6.45, 7) is 13.9. The summed E-state index contributed by atoms with van der Waals surface area (Å²) in [5.41, 5.74) is 3.22. The molecule has 7 nitrogen and oxygen atoms in total. The van der Waals surface area contributed by atoms with Crippen LogP contribution in [0.2, 0.25) is 0 Å². The molecule has 0 bridgehead atoms. The summed E-state index contributed by atoms with van der Waals surface area (Å²) < 4.78 is 17.0. The fourth-order valence-corrected chi connectivity index (χ4v) is 10.2. The number of esters is 1. The van der Waals surface area contributed by atoms with Crippen LogP contribution in [0.3, 0.4) is 0 Å². The van der Waals surface area contributed by atoms with Gasteiger partial charge >= 0.3 is 11.6 Å². The second-order valence-electron chi connectivity index (χ2n) is 16.0. The van der Waals surface area contributed by atoms with Gasteiger partial charge in [0.25, 0.3) is 0 Å². The van der Waals surface area contributed by atoms with Gasteiger partial charge in [-0.15, -0.1) is 0 Å². The lowest BCUT2D eigenvalue weighted by Crippen LogP contribution is -2.62. The Balaban J connectivity index is 1.09. The van der Waals surface area contributed by atoms with Gasteiger partial charge in [0.1, 0.15) is 24.5 Å². The highest BCUT2D eigenvalue weighted by Gasteiger charge is 2.67. The van der Waals surface area contributed by atoms with E-state index in [2.05, 4.69) is 46.8 Å². The van der Waals surface area contributed by atoms with Crippen LogP contribution in [0.1, 0.15) is 86.5 Å². The van der Waals surface area contributed by atoms with E-state index < -0.39 is 11.0 Å². The van der Waals surface area contributed by atoms with Gasteiger partial charge in [-0.05, 0) is 116 Å². The standard InChI is InChI=1S/C40H46O7/c1-24-27-10-11-31-38(4,28(27)22-29(41)34(24)43)16-18-40(6)32-23-37(3,14-13-36(32,2)15-17-39(31,40)5)35(44)46-20-19-45-26-9-7-25-8-12-33(42)47-30(25)21-26/h7-12,21-22,32,43H,13-20,23H2,1-6H3/t32-,36-,37-,38+,39-,40+/m1/s1. The molecule has 0 radical (unpaired) electrons. The Morgan fingerprint density at radius 2 is 1.68 bits per heavy atom. The minimum Gasteiger partial charge on any atom is -0.504 e. The predicted octanol–water partition coefficient (Wildman–Crippen LogP) is 8.34. The summed E-state index contributed by atoms with van der Waals surface area (Å²) >= 11 is 0. The van der Waals surface area contributed by atoms with Crippen molar-refractivity contribution < 1.29 is 28.6 Å². The molecule has 1 heterocycles. The topological polar surface area (TPSA) is 103 Å². The number of carbonyl (C=O) groups excluding carboxylic acids is 2. The Labute approximate surface area is 276 Å². The Morgan fingerprint density at radius 1 is 0.936 bits per heavy atom. The van der Waals surface area contributed by atoms with Crippen molar-refractivity contribution >= 4 is 22.7 Å². The van der Waals surface area contributed by atoms with Crippen molar-refractivity contribution in [2.24, 2.45) is 33.0 Å². The molecule has 2 aromatic rings. The van der Waals surface area contributed by atoms with E-state index in [1.54, 1.807) is 18.2 Å². The van der Waals surface area contributed by atoms with Gasteiger partial charge in [0.05, 0.1) is 5.41 Å². The van der Waals surface area contributed by atoms with E-state index in [0.717, 1.165) is 61.5 Å². The monoisotopic (exact) mass is 638 g/mol. The summed E-state index contributed by atoms with van der Waals surface area (Å²) in [7, 11) is 0. The SMILES string of the molecule is CC1=C(O)C(=O)C=C2C1=CC=C1[C@@]2(C)CC[C@@]2(C)[C@@H]3C[C@](C)(C(=O)OCCOc4ccc5ccc(=O)oc5c4)CC[C@]3(C)CC[C@]12C. The molecule has 3 saturated carbocycles. The van der Waals surface area contributed by atoms with Crippen LogP contribution in [-0.2, 0) is 14.3 Å². The smallest absolute Gasteiger partial charge is 0.336 e. The van der Waals surface area contributed by atoms with E-state index in [9.17, 15) is 19.5 Å². The number of rotatable bonds is 5. The number of hydrogen-bond donors (Lipinski definition) is 1. The number of allylic oxidation sites excluding steroid dienone is 7. The van der Waals surface area contributed by atoms with Crippen LogP contribution in [0.4, 0.5) is 0 Å². The third kappa shape index (κ3) is 4.62. The van der Waals surface area contributed by atoms with Crippen LogP contribution < -0.4 is 10.4 Å². The molecule has 0 spiro atoms. The fraction of sp³-hybridized carbons (Fsp3) is 0.525. The number of carbonyl (C=O) groups is 2. The molecule has 47 heavy (non-hydrogen) atoms. The summed E-state index contributed by atoms with van der Waals surface area (Å²) in [4.78, 5) is 38.2. The number of aliphatic hydroxyl groups is 1. The number of benzene rings is 1. The molecule has 6 atom stereocenters. The first-order valence-corrected chi connectivity index (χ1v) is 17.1. The van der Waals surface area contributed by atoms with E-state index >= 15 is 0 Å². The van der Waals surface area contributed by atoms with Gasteiger partial charge in [0.2, 0.25) is 5.78 Å². The summed E-state index contributed by atoms with van der Waals surface area (Å²) in [6.07, 6.45) is 12.7. The van der Waals surface area contributed by atoms with Crippen LogP contribution in [0.5, 0.6) is 5.75 Å².